The molecule has 2 N–H and O–H groups in total. The summed E-state index contributed by atoms with van der Waals surface area (Å²) in [5, 5.41) is 11.0. The fraction of sp³-hybridized carbons (Fsp3) is 0.150. The van der Waals surface area contributed by atoms with Crippen LogP contribution in [0.4, 0.5) is 0 Å². The smallest absolute Gasteiger partial charge is 0.271 e. The number of H-pyrrole nitrogens is 1. The number of aromatic nitrogens is 2. The van der Waals surface area contributed by atoms with E-state index < -0.39 is 0 Å². The number of benzene rings is 2. The van der Waals surface area contributed by atoms with Crippen molar-refractivity contribution in [3.05, 3.63) is 59.8 Å². The molecule has 0 saturated heterocycles. The van der Waals surface area contributed by atoms with Gasteiger partial charge >= 0.3 is 0 Å². The predicted molar refractivity (Wildman–Crippen MR) is 105 cm³/mol. The summed E-state index contributed by atoms with van der Waals surface area (Å²) in [6.45, 7) is 0. The van der Waals surface area contributed by atoms with Crippen molar-refractivity contribution in [2.24, 2.45) is 5.10 Å². The third-order valence-corrected chi connectivity index (χ3v) is 4.04. The van der Waals surface area contributed by atoms with Crippen LogP contribution >= 0.6 is 0 Å². The number of nitrogens with zero attached hydrogens (tertiary/aromatic N) is 2. The summed E-state index contributed by atoms with van der Waals surface area (Å²) in [6, 6.07) is 12.3. The fourth-order valence-electron chi connectivity index (χ4n) is 2.61. The standard InChI is InChI=1S/C20H20N4O4/c1-26-16-6-4-5-14(9-16)20(25)24-22-12-15-11-21-23-19(15)13-7-8-17(27-2)18(10-13)28-3/h4-12H,1-3H3,(H,21,23)(H,24,25)/b22-12-. The lowest BCUT2D eigenvalue weighted by atomic mass is 10.1. The van der Waals surface area contributed by atoms with Crippen molar-refractivity contribution in [3.63, 3.8) is 0 Å². The van der Waals surface area contributed by atoms with E-state index in [0.717, 1.165) is 11.3 Å². The minimum Gasteiger partial charge on any atom is -0.497 e. The highest BCUT2D eigenvalue weighted by Gasteiger charge is 2.11. The minimum absolute atomic E-state index is 0.341. The number of carbonyl (C=O) groups excluding carboxylic acids is 1. The van der Waals surface area contributed by atoms with Gasteiger partial charge in [0.05, 0.1) is 39.4 Å². The van der Waals surface area contributed by atoms with Crippen LogP contribution < -0.4 is 19.6 Å². The minimum atomic E-state index is -0.341. The molecule has 0 saturated carbocycles. The van der Waals surface area contributed by atoms with E-state index in [9.17, 15) is 4.79 Å². The van der Waals surface area contributed by atoms with Crippen molar-refractivity contribution in [2.75, 3.05) is 21.3 Å². The van der Waals surface area contributed by atoms with Crippen LogP contribution in [0.25, 0.3) is 11.3 Å². The van der Waals surface area contributed by atoms with Crippen LogP contribution in [-0.4, -0.2) is 43.6 Å². The molecule has 8 nitrogen and oxygen atoms in total. The van der Waals surface area contributed by atoms with Gasteiger partial charge in [-0.15, -0.1) is 0 Å². The second-order valence-corrected chi connectivity index (χ2v) is 5.70. The summed E-state index contributed by atoms with van der Waals surface area (Å²) in [5.74, 6) is 1.49. The van der Waals surface area contributed by atoms with Crippen LogP contribution in [0.1, 0.15) is 15.9 Å². The van der Waals surface area contributed by atoms with E-state index in [1.165, 1.54) is 6.21 Å². The van der Waals surface area contributed by atoms with Gasteiger partial charge in [-0.1, -0.05) is 6.07 Å². The number of hydrogen-bond donors (Lipinski definition) is 2. The molecular formula is C20H20N4O4. The average molecular weight is 380 g/mol. The Morgan fingerprint density at radius 2 is 1.89 bits per heavy atom. The Balaban J connectivity index is 1.76. The Morgan fingerprint density at radius 1 is 1.07 bits per heavy atom. The summed E-state index contributed by atoms with van der Waals surface area (Å²) >= 11 is 0. The Morgan fingerprint density at radius 3 is 2.64 bits per heavy atom. The molecule has 1 heterocycles. The highest BCUT2D eigenvalue weighted by molar-refractivity contribution is 5.96. The van der Waals surface area contributed by atoms with E-state index in [4.69, 9.17) is 14.2 Å². The molecule has 0 aliphatic rings. The molecule has 1 amide bonds. The van der Waals surface area contributed by atoms with Gasteiger partial charge in [0.15, 0.2) is 11.5 Å². The van der Waals surface area contributed by atoms with Gasteiger partial charge in [0.25, 0.3) is 5.91 Å². The van der Waals surface area contributed by atoms with E-state index in [1.54, 1.807) is 57.9 Å². The van der Waals surface area contributed by atoms with Gasteiger partial charge in [-0.2, -0.15) is 10.2 Å². The van der Waals surface area contributed by atoms with Crippen LogP contribution in [0.2, 0.25) is 0 Å². The van der Waals surface area contributed by atoms with E-state index in [2.05, 4.69) is 20.7 Å². The zero-order chi connectivity index (χ0) is 19.9. The molecule has 3 rings (SSSR count). The number of ether oxygens (including phenoxy) is 3. The zero-order valence-corrected chi connectivity index (χ0v) is 15.7. The lowest BCUT2D eigenvalue weighted by Crippen LogP contribution is -2.17. The number of methoxy groups -OCH3 is 3. The summed E-state index contributed by atoms with van der Waals surface area (Å²) in [5.41, 5.74) is 5.23. The molecular weight excluding hydrogens is 360 g/mol. The maximum Gasteiger partial charge on any atom is 0.271 e. The van der Waals surface area contributed by atoms with Crippen LogP contribution in [0, 0.1) is 0 Å². The van der Waals surface area contributed by atoms with Crippen LogP contribution in [0.3, 0.4) is 0 Å². The average Bonchev–Trinajstić information content (AvgIpc) is 3.21. The third-order valence-electron chi connectivity index (χ3n) is 4.04. The van der Waals surface area contributed by atoms with E-state index in [-0.39, 0.29) is 5.91 Å². The highest BCUT2D eigenvalue weighted by Crippen LogP contribution is 2.32. The molecule has 3 aromatic rings. The summed E-state index contributed by atoms with van der Waals surface area (Å²) in [7, 11) is 4.70. The third kappa shape index (κ3) is 4.12. The molecule has 0 fully saturated rings. The number of rotatable bonds is 7. The molecule has 0 atom stereocenters. The van der Waals surface area contributed by atoms with Gasteiger partial charge in [-0.25, -0.2) is 5.43 Å². The first-order valence-electron chi connectivity index (χ1n) is 8.39. The Kier molecular flexibility index (Phi) is 5.91. The second kappa shape index (κ2) is 8.72. The molecule has 8 heteroatoms. The molecule has 0 spiro atoms. The van der Waals surface area contributed by atoms with Gasteiger partial charge in [0, 0.05) is 16.7 Å². The SMILES string of the molecule is COc1cccc(C(=O)N/N=C\c2cn[nH]c2-c2ccc(OC)c(OC)c2)c1. The maximum atomic E-state index is 12.2. The van der Waals surface area contributed by atoms with Crippen molar-refractivity contribution in [2.45, 2.75) is 0 Å². The first-order valence-corrected chi connectivity index (χ1v) is 8.39. The molecule has 144 valence electrons. The Bertz CT molecular complexity index is 997. The molecule has 0 aliphatic heterocycles. The molecule has 0 unspecified atom stereocenters. The maximum absolute atomic E-state index is 12.2. The van der Waals surface area contributed by atoms with Gasteiger partial charge in [0.1, 0.15) is 5.75 Å². The summed E-state index contributed by atoms with van der Waals surface area (Å²) in [4.78, 5) is 12.2. The van der Waals surface area contributed by atoms with Crippen LogP contribution in [-0.2, 0) is 0 Å². The van der Waals surface area contributed by atoms with Gasteiger partial charge in [0.2, 0.25) is 0 Å². The molecule has 0 radical (unpaired) electrons. The molecule has 2 aromatic carbocycles. The van der Waals surface area contributed by atoms with Gasteiger partial charge in [-0.3, -0.25) is 9.89 Å². The number of aromatic amines is 1. The largest absolute Gasteiger partial charge is 0.497 e. The molecule has 1 aromatic heterocycles. The summed E-state index contributed by atoms with van der Waals surface area (Å²) in [6.07, 6.45) is 3.14. The van der Waals surface area contributed by atoms with E-state index >= 15 is 0 Å². The molecule has 0 bridgehead atoms. The lowest BCUT2D eigenvalue weighted by Gasteiger charge is -2.09. The number of carbonyl (C=O) groups is 1. The fourth-order valence-corrected chi connectivity index (χ4v) is 2.61. The number of amides is 1. The lowest BCUT2D eigenvalue weighted by molar-refractivity contribution is 0.0955. The quantitative estimate of drug-likeness (QED) is 0.485. The topological polar surface area (TPSA) is 97.8 Å². The number of hydrazone groups is 1. The zero-order valence-electron chi connectivity index (χ0n) is 15.7. The monoisotopic (exact) mass is 380 g/mol. The summed E-state index contributed by atoms with van der Waals surface area (Å²) < 4.78 is 15.7. The predicted octanol–water partition coefficient (Wildman–Crippen LogP) is 2.87. The van der Waals surface area contributed by atoms with Gasteiger partial charge in [-0.05, 0) is 36.4 Å². The first-order chi connectivity index (χ1) is 13.7. The van der Waals surface area contributed by atoms with Crippen LogP contribution in [0.5, 0.6) is 17.2 Å². The van der Waals surface area contributed by atoms with Crippen molar-refractivity contribution in [3.8, 4) is 28.5 Å². The second-order valence-electron chi connectivity index (χ2n) is 5.70. The number of nitrogens with one attached hydrogen (secondary N) is 2. The molecule has 0 aliphatic carbocycles. The first kappa shape index (κ1) is 19.0. The van der Waals surface area contributed by atoms with Crippen LogP contribution in [0.15, 0.2) is 53.8 Å². The van der Waals surface area contributed by atoms with Crippen molar-refractivity contribution < 1.29 is 19.0 Å². The van der Waals surface area contributed by atoms with Gasteiger partial charge < -0.3 is 14.2 Å². The highest BCUT2D eigenvalue weighted by atomic mass is 16.5. The van der Waals surface area contributed by atoms with E-state index in [0.29, 0.717) is 28.4 Å². The normalized spacial score (nSPS) is 10.7. The van der Waals surface area contributed by atoms with Crippen molar-refractivity contribution in [1.29, 1.82) is 0 Å². The Hall–Kier alpha value is -3.81. The van der Waals surface area contributed by atoms with Crippen molar-refractivity contribution >= 4 is 12.1 Å². The number of hydrogen-bond acceptors (Lipinski definition) is 6. The molecule has 28 heavy (non-hydrogen) atoms. The van der Waals surface area contributed by atoms with Crippen molar-refractivity contribution in [1.82, 2.24) is 15.6 Å². The Labute approximate surface area is 162 Å². The van der Waals surface area contributed by atoms with E-state index in [1.807, 2.05) is 12.1 Å².